The maximum atomic E-state index is 5.86. The zero-order chi connectivity index (χ0) is 15.1. The second-order valence-corrected chi connectivity index (χ2v) is 5.70. The van der Waals surface area contributed by atoms with E-state index >= 15 is 0 Å². The zero-order valence-electron chi connectivity index (χ0n) is 13.2. The smallest absolute Gasteiger partial charge is 0.146 e. The summed E-state index contributed by atoms with van der Waals surface area (Å²) in [5.74, 6) is 2.46. The standard InChI is InChI=1S/C18H25NO2/c1-4-16-7-5-6-8-18(16)21-13-17-9-15(12-20-17)11-19-10-14(2)3/h5-9,12,14,19H,4,10-11,13H2,1-3H3. The first-order chi connectivity index (χ1) is 10.2. The van der Waals surface area contributed by atoms with Gasteiger partial charge < -0.3 is 14.5 Å². The third kappa shape index (κ3) is 4.94. The summed E-state index contributed by atoms with van der Waals surface area (Å²) in [6, 6.07) is 10.2. The minimum atomic E-state index is 0.473. The molecular formula is C18H25NO2. The molecule has 0 saturated heterocycles. The minimum Gasteiger partial charge on any atom is -0.485 e. The van der Waals surface area contributed by atoms with Gasteiger partial charge in [0.05, 0.1) is 6.26 Å². The van der Waals surface area contributed by atoms with Crippen molar-refractivity contribution in [1.29, 1.82) is 0 Å². The molecular weight excluding hydrogens is 262 g/mol. The molecule has 0 bridgehead atoms. The highest BCUT2D eigenvalue weighted by Gasteiger charge is 2.05. The molecule has 0 amide bonds. The highest BCUT2D eigenvalue weighted by molar-refractivity contribution is 5.33. The van der Waals surface area contributed by atoms with Crippen LogP contribution in [0.4, 0.5) is 0 Å². The normalized spacial score (nSPS) is 11.0. The summed E-state index contributed by atoms with van der Waals surface area (Å²) in [5, 5.41) is 3.41. The van der Waals surface area contributed by atoms with Gasteiger partial charge in [-0.1, -0.05) is 39.0 Å². The minimum absolute atomic E-state index is 0.473. The Morgan fingerprint density at radius 3 is 2.81 bits per heavy atom. The Morgan fingerprint density at radius 2 is 2.05 bits per heavy atom. The van der Waals surface area contributed by atoms with Crippen molar-refractivity contribution in [2.24, 2.45) is 5.92 Å². The lowest BCUT2D eigenvalue weighted by atomic mass is 10.1. The van der Waals surface area contributed by atoms with Gasteiger partial charge in [0.25, 0.3) is 0 Å². The van der Waals surface area contributed by atoms with Crippen LogP contribution in [0.1, 0.15) is 37.7 Å². The molecule has 3 nitrogen and oxygen atoms in total. The Balaban J connectivity index is 1.85. The number of para-hydroxylation sites is 1. The first kappa shape index (κ1) is 15.6. The first-order valence-corrected chi connectivity index (χ1v) is 7.66. The maximum Gasteiger partial charge on any atom is 0.146 e. The van der Waals surface area contributed by atoms with E-state index in [9.17, 15) is 0 Å². The fourth-order valence-electron chi connectivity index (χ4n) is 2.19. The van der Waals surface area contributed by atoms with Crippen molar-refractivity contribution in [1.82, 2.24) is 5.32 Å². The molecule has 0 saturated carbocycles. The zero-order valence-corrected chi connectivity index (χ0v) is 13.2. The highest BCUT2D eigenvalue weighted by atomic mass is 16.5. The third-order valence-electron chi connectivity index (χ3n) is 3.31. The molecule has 0 aliphatic carbocycles. The second kappa shape index (κ2) is 7.89. The van der Waals surface area contributed by atoms with Crippen molar-refractivity contribution in [2.75, 3.05) is 6.54 Å². The fraction of sp³-hybridized carbons (Fsp3) is 0.444. The van der Waals surface area contributed by atoms with Gasteiger partial charge in [-0.2, -0.15) is 0 Å². The Hall–Kier alpha value is -1.74. The lowest BCUT2D eigenvalue weighted by Gasteiger charge is -2.08. The van der Waals surface area contributed by atoms with Crippen LogP contribution >= 0.6 is 0 Å². The number of benzene rings is 1. The van der Waals surface area contributed by atoms with Gasteiger partial charge in [-0.05, 0) is 36.6 Å². The van der Waals surface area contributed by atoms with Crippen molar-refractivity contribution in [3.05, 3.63) is 53.5 Å². The molecule has 1 N–H and O–H groups in total. The van der Waals surface area contributed by atoms with Gasteiger partial charge in [0.15, 0.2) is 0 Å². The van der Waals surface area contributed by atoms with Gasteiger partial charge in [0.1, 0.15) is 18.1 Å². The molecule has 1 aromatic carbocycles. The third-order valence-corrected chi connectivity index (χ3v) is 3.31. The molecule has 0 aliphatic heterocycles. The summed E-state index contributed by atoms with van der Waals surface area (Å²) in [5.41, 5.74) is 2.39. The lowest BCUT2D eigenvalue weighted by Crippen LogP contribution is -2.18. The molecule has 0 spiro atoms. The van der Waals surface area contributed by atoms with Crippen molar-refractivity contribution < 1.29 is 9.15 Å². The summed E-state index contributed by atoms with van der Waals surface area (Å²) >= 11 is 0. The van der Waals surface area contributed by atoms with E-state index in [1.807, 2.05) is 18.2 Å². The fourth-order valence-corrected chi connectivity index (χ4v) is 2.19. The quantitative estimate of drug-likeness (QED) is 0.791. The van der Waals surface area contributed by atoms with Crippen LogP contribution in [0.2, 0.25) is 0 Å². The average molecular weight is 287 g/mol. The Labute approximate surface area is 127 Å². The molecule has 21 heavy (non-hydrogen) atoms. The molecule has 2 rings (SSSR count). The van der Waals surface area contributed by atoms with Gasteiger partial charge in [-0.3, -0.25) is 0 Å². The van der Waals surface area contributed by atoms with Crippen molar-refractivity contribution in [3.8, 4) is 5.75 Å². The van der Waals surface area contributed by atoms with Gasteiger partial charge in [-0.15, -0.1) is 0 Å². The number of nitrogens with one attached hydrogen (secondary N) is 1. The number of furan rings is 1. The van der Waals surface area contributed by atoms with Crippen LogP contribution in [0.15, 0.2) is 41.0 Å². The van der Waals surface area contributed by atoms with Crippen molar-refractivity contribution in [3.63, 3.8) is 0 Å². The number of hydrogen-bond acceptors (Lipinski definition) is 3. The molecule has 2 aromatic rings. The van der Waals surface area contributed by atoms with Gasteiger partial charge in [0, 0.05) is 12.1 Å². The van der Waals surface area contributed by atoms with Gasteiger partial charge >= 0.3 is 0 Å². The molecule has 0 radical (unpaired) electrons. The largest absolute Gasteiger partial charge is 0.485 e. The molecule has 3 heteroatoms. The van der Waals surface area contributed by atoms with Crippen LogP contribution in [0.3, 0.4) is 0 Å². The Bertz CT molecular complexity index is 546. The summed E-state index contributed by atoms with van der Waals surface area (Å²) < 4.78 is 11.4. The van der Waals surface area contributed by atoms with Crippen LogP contribution in [0.25, 0.3) is 0 Å². The van der Waals surface area contributed by atoms with E-state index in [1.165, 1.54) is 5.56 Å². The highest BCUT2D eigenvalue weighted by Crippen LogP contribution is 2.20. The van der Waals surface area contributed by atoms with E-state index in [1.54, 1.807) is 6.26 Å². The second-order valence-electron chi connectivity index (χ2n) is 5.70. The molecule has 0 atom stereocenters. The number of aryl methyl sites for hydroxylation is 1. The first-order valence-electron chi connectivity index (χ1n) is 7.66. The van der Waals surface area contributed by atoms with Crippen LogP contribution in [-0.2, 0) is 19.6 Å². The van der Waals surface area contributed by atoms with E-state index in [4.69, 9.17) is 9.15 Å². The average Bonchev–Trinajstić information content (AvgIpc) is 2.93. The van der Waals surface area contributed by atoms with Crippen LogP contribution in [-0.4, -0.2) is 6.54 Å². The SMILES string of the molecule is CCc1ccccc1OCc1cc(CNCC(C)C)co1. The summed E-state index contributed by atoms with van der Waals surface area (Å²) in [6.45, 7) is 8.86. The van der Waals surface area contributed by atoms with Crippen LogP contribution < -0.4 is 10.1 Å². The molecule has 1 aromatic heterocycles. The molecule has 114 valence electrons. The number of rotatable bonds is 8. The summed E-state index contributed by atoms with van der Waals surface area (Å²) in [7, 11) is 0. The molecule has 0 fully saturated rings. The predicted octanol–water partition coefficient (Wildman–Crippen LogP) is 4.17. The van der Waals surface area contributed by atoms with E-state index < -0.39 is 0 Å². The van der Waals surface area contributed by atoms with Gasteiger partial charge in [0.2, 0.25) is 0 Å². The summed E-state index contributed by atoms with van der Waals surface area (Å²) in [6.07, 6.45) is 2.77. The van der Waals surface area contributed by atoms with Gasteiger partial charge in [-0.25, -0.2) is 0 Å². The summed E-state index contributed by atoms with van der Waals surface area (Å²) in [4.78, 5) is 0. The molecule has 0 unspecified atom stereocenters. The topological polar surface area (TPSA) is 34.4 Å². The monoisotopic (exact) mass is 287 g/mol. The lowest BCUT2D eigenvalue weighted by molar-refractivity contribution is 0.268. The van der Waals surface area contributed by atoms with Crippen LogP contribution in [0.5, 0.6) is 5.75 Å². The predicted molar refractivity (Wildman–Crippen MR) is 85.4 cm³/mol. The van der Waals surface area contributed by atoms with Crippen molar-refractivity contribution >= 4 is 0 Å². The van der Waals surface area contributed by atoms with E-state index in [0.717, 1.165) is 36.6 Å². The van der Waals surface area contributed by atoms with E-state index in [-0.39, 0.29) is 0 Å². The van der Waals surface area contributed by atoms with E-state index in [2.05, 4.69) is 38.2 Å². The number of hydrogen-bond donors (Lipinski definition) is 1. The Morgan fingerprint density at radius 1 is 1.24 bits per heavy atom. The van der Waals surface area contributed by atoms with E-state index in [0.29, 0.717) is 12.5 Å². The number of ether oxygens (including phenoxy) is 1. The molecule has 0 aliphatic rings. The molecule has 1 heterocycles. The maximum absolute atomic E-state index is 5.86. The Kier molecular flexibility index (Phi) is 5.88. The van der Waals surface area contributed by atoms with Crippen LogP contribution in [0, 0.1) is 5.92 Å². The van der Waals surface area contributed by atoms with Crippen molar-refractivity contribution in [2.45, 2.75) is 40.3 Å².